The van der Waals surface area contributed by atoms with Crippen LogP contribution in [0.15, 0.2) is 17.4 Å². The van der Waals surface area contributed by atoms with Crippen molar-refractivity contribution in [3.63, 3.8) is 0 Å². The molecule has 0 N–H and O–H groups in total. The first-order valence-electron chi connectivity index (χ1n) is 5.45. The Labute approximate surface area is 109 Å². The van der Waals surface area contributed by atoms with Gasteiger partial charge in [0.1, 0.15) is 17.2 Å². The summed E-state index contributed by atoms with van der Waals surface area (Å²) in [7, 11) is 0. The van der Waals surface area contributed by atoms with Gasteiger partial charge in [0.25, 0.3) is 0 Å². The second-order valence-electron chi connectivity index (χ2n) is 4.15. The number of thioether (sulfide) groups is 1. The van der Waals surface area contributed by atoms with Gasteiger partial charge < -0.3 is 4.90 Å². The number of hydrogen-bond donors (Lipinski definition) is 0. The van der Waals surface area contributed by atoms with Gasteiger partial charge in [-0.25, -0.2) is 9.97 Å². The summed E-state index contributed by atoms with van der Waals surface area (Å²) in [6.07, 6.45) is 4.91. The fraction of sp³-hybridized carbons (Fsp3) is 0.636. The molecule has 16 heavy (non-hydrogen) atoms. The molecule has 5 heteroatoms. The van der Waals surface area contributed by atoms with E-state index in [1.54, 1.807) is 18.1 Å². The Bertz CT molecular complexity index is 361. The largest absolute Gasteiger partial charge is 0.355 e. The number of piperidine rings is 1. The van der Waals surface area contributed by atoms with Crippen molar-refractivity contribution in [3.05, 3.63) is 12.4 Å². The van der Waals surface area contributed by atoms with Crippen molar-refractivity contribution in [2.45, 2.75) is 23.2 Å². The van der Waals surface area contributed by atoms with E-state index in [0.29, 0.717) is 4.83 Å². The summed E-state index contributed by atoms with van der Waals surface area (Å²) >= 11 is 5.40. The Balaban J connectivity index is 2.12. The standard InChI is InChI=1S/C11H16BrN3S/c1-8-3-4-15(6-9(8)12)10-5-11(16-2)14-7-13-10/h5,7-9H,3-4,6H2,1-2H3. The van der Waals surface area contributed by atoms with Crippen LogP contribution >= 0.6 is 27.7 Å². The predicted molar refractivity (Wildman–Crippen MR) is 72.5 cm³/mol. The summed E-state index contributed by atoms with van der Waals surface area (Å²) in [5, 5.41) is 1.04. The van der Waals surface area contributed by atoms with Crippen molar-refractivity contribution in [3.8, 4) is 0 Å². The average molecular weight is 302 g/mol. The summed E-state index contributed by atoms with van der Waals surface area (Å²) in [5.41, 5.74) is 0. The predicted octanol–water partition coefficient (Wildman–Crippen LogP) is 2.81. The fourth-order valence-corrected chi connectivity index (χ4v) is 2.83. The molecule has 2 heterocycles. The minimum Gasteiger partial charge on any atom is -0.355 e. The normalized spacial score (nSPS) is 25.8. The Kier molecular flexibility index (Phi) is 4.08. The molecule has 0 bridgehead atoms. The monoisotopic (exact) mass is 301 g/mol. The maximum absolute atomic E-state index is 4.35. The van der Waals surface area contributed by atoms with Gasteiger partial charge in [0, 0.05) is 24.0 Å². The highest BCUT2D eigenvalue weighted by Gasteiger charge is 2.24. The minimum atomic E-state index is 0.564. The van der Waals surface area contributed by atoms with Crippen LogP contribution in [0.1, 0.15) is 13.3 Å². The van der Waals surface area contributed by atoms with Crippen molar-refractivity contribution < 1.29 is 0 Å². The zero-order valence-corrected chi connectivity index (χ0v) is 12.0. The third-order valence-corrected chi connectivity index (χ3v) is 4.86. The summed E-state index contributed by atoms with van der Waals surface area (Å²) in [4.78, 5) is 11.4. The quantitative estimate of drug-likeness (QED) is 0.477. The van der Waals surface area contributed by atoms with Crippen LogP contribution in [0.25, 0.3) is 0 Å². The van der Waals surface area contributed by atoms with E-state index in [1.807, 2.05) is 6.26 Å². The van der Waals surface area contributed by atoms with Crippen molar-refractivity contribution in [2.75, 3.05) is 24.2 Å². The third-order valence-electron chi connectivity index (χ3n) is 3.03. The number of hydrogen-bond acceptors (Lipinski definition) is 4. The van der Waals surface area contributed by atoms with Gasteiger partial charge >= 0.3 is 0 Å². The summed E-state index contributed by atoms with van der Waals surface area (Å²) in [6.45, 7) is 4.42. The number of aromatic nitrogens is 2. The Morgan fingerprint density at radius 3 is 3.00 bits per heavy atom. The topological polar surface area (TPSA) is 29.0 Å². The number of anilines is 1. The summed E-state index contributed by atoms with van der Waals surface area (Å²) in [5.74, 6) is 1.80. The molecule has 1 aliphatic heterocycles. The van der Waals surface area contributed by atoms with Gasteiger partial charge in [0.15, 0.2) is 0 Å². The van der Waals surface area contributed by atoms with Crippen LogP contribution < -0.4 is 4.90 Å². The maximum Gasteiger partial charge on any atom is 0.133 e. The molecule has 1 saturated heterocycles. The highest BCUT2D eigenvalue weighted by Crippen LogP contribution is 2.27. The van der Waals surface area contributed by atoms with Gasteiger partial charge in [0.2, 0.25) is 0 Å². The Hall–Kier alpha value is -0.290. The SMILES string of the molecule is CSc1cc(N2CCC(C)C(Br)C2)ncn1. The van der Waals surface area contributed by atoms with E-state index in [4.69, 9.17) is 0 Å². The highest BCUT2D eigenvalue weighted by atomic mass is 79.9. The minimum absolute atomic E-state index is 0.564. The van der Waals surface area contributed by atoms with Crippen LogP contribution in [0.4, 0.5) is 5.82 Å². The van der Waals surface area contributed by atoms with Crippen molar-refractivity contribution in [1.82, 2.24) is 9.97 Å². The molecule has 0 saturated carbocycles. The van der Waals surface area contributed by atoms with Crippen molar-refractivity contribution in [1.29, 1.82) is 0 Å². The zero-order chi connectivity index (χ0) is 11.5. The lowest BCUT2D eigenvalue weighted by atomic mass is 9.99. The van der Waals surface area contributed by atoms with Gasteiger partial charge in [0.05, 0.1) is 0 Å². The second kappa shape index (κ2) is 5.36. The van der Waals surface area contributed by atoms with Crippen LogP contribution in [-0.4, -0.2) is 34.1 Å². The van der Waals surface area contributed by atoms with E-state index < -0.39 is 0 Å². The first-order valence-corrected chi connectivity index (χ1v) is 7.60. The van der Waals surface area contributed by atoms with Crippen LogP contribution in [0.5, 0.6) is 0 Å². The maximum atomic E-state index is 4.35. The first-order chi connectivity index (χ1) is 7.70. The molecule has 2 rings (SSSR count). The van der Waals surface area contributed by atoms with Crippen LogP contribution in [-0.2, 0) is 0 Å². The molecule has 0 amide bonds. The van der Waals surface area contributed by atoms with Crippen LogP contribution in [0.2, 0.25) is 0 Å². The van der Waals surface area contributed by atoms with Crippen LogP contribution in [0.3, 0.4) is 0 Å². The molecule has 2 atom stereocenters. The fourth-order valence-electron chi connectivity index (χ4n) is 1.84. The molecule has 0 spiro atoms. The van der Waals surface area contributed by atoms with Gasteiger partial charge in [-0.05, 0) is 18.6 Å². The number of halogens is 1. The van der Waals surface area contributed by atoms with Crippen LogP contribution in [0, 0.1) is 5.92 Å². The van der Waals surface area contributed by atoms with Gasteiger partial charge in [-0.15, -0.1) is 11.8 Å². The summed E-state index contributed by atoms with van der Waals surface area (Å²) < 4.78 is 0. The molecule has 1 fully saturated rings. The van der Waals surface area contributed by atoms with E-state index in [-0.39, 0.29) is 0 Å². The molecule has 88 valence electrons. The molecule has 0 radical (unpaired) electrons. The highest BCUT2D eigenvalue weighted by molar-refractivity contribution is 9.09. The molecule has 2 unspecified atom stereocenters. The lowest BCUT2D eigenvalue weighted by molar-refractivity contribution is 0.454. The Morgan fingerprint density at radius 1 is 1.50 bits per heavy atom. The molecular weight excluding hydrogens is 286 g/mol. The van der Waals surface area contributed by atoms with Gasteiger partial charge in [-0.3, -0.25) is 0 Å². The molecule has 0 aromatic carbocycles. The zero-order valence-electron chi connectivity index (χ0n) is 9.56. The molecule has 1 aromatic rings. The van der Waals surface area contributed by atoms with E-state index in [1.165, 1.54) is 6.42 Å². The molecule has 1 aromatic heterocycles. The van der Waals surface area contributed by atoms with E-state index in [2.05, 4.69) is 43.8 Å². The van der Waals surface area contributed by atoms with Gasteiger partial charge in [-0.2, -0.15) is 0 Å². The molecule has 0 aliphatic carbocycles. The molecule has 3 nitrogen and oxygen atoms in total. The number of alkyl halides is 1. The molecule has 1 aliphatic rings. The van der Waals surface area contributed by atoms with Gasteiger partial charge in [-0.1, -0.05) is 22.9 Å². The summed E-state index contributed by atoms with van der Waals surface area (Å²) in [6, 6.07) is 2.07. The van der Waals surface area contributed by atoms with E-state index >= 15 is 0 Å². The number of nitrogens with zero attached hydrogens (tertiary/aromatic N) is 3. The lowest BCUT2D eigenvalue weighted by Crippen LogP contribution is -2.40. The first kappa shape index (κ1) is 12.2. The smallest absolute Gasteiger partial charge is 0.133 e. The van der Waals surface area contributed by atoms with E-state index in [0.717, 1.165) is 29.9 Å². The van der Waals surface area contributed by atoms with Crippen molar-refractivity contribution in [2.24, 2.45) is 5.92 Å². The number of rotatable bonds is 2. The second-order valence-corrected chi connectivity index (χ2v) is 6.15. The van der Waals surface area contributed by atoms with E-state index in [9.17, 15) is 0 Å². The lowest BCUT2D eigenvalue weighted by Gasteiger charge is -2.34. The van der Waals surface area contributed by atoms with Crippen molar-refractivity contribution >= 4 is 33.5 Å². The Morgan fingerprint density at radius 2 is 2.31 bits per heavy atom. The molecular formula is C11H16BrN3S. The average Bonchev–Trinajstić information content (AvgIpc) is 2.33. The third kappa shape index (κ3) is 2.69.